The summed E-state index contributed by atoms with van der Waals surface area (Å²) >= 11 is 0. The summed E-state index contributed by atoms with van der Waals surface area (Å²) in [4.78, 5) is 12.3. The molecule has 1 aliphatic heterocycles. The summed E-state index contributed by atoms with van der Waals surface area (Å²) in [5.41, 5.74) is -2.63. The van der Waals surface area contributed by atoms with Crippen molar-refractivity contribution in [2.75, 3.05) is 13.1 Å². The smallest absolute Gasteiger partial charge is 0.380 e. The van der Waals surface area contributed by atoms with Crippen LogP contribution >= 0.6 is 0 Å². The molecule has 0 radical (unpaired) electrons. The Balaban J connectivity index is 2.71. The van der Waals surface area contributed by atoms with E-state index in [0.717, 1.165) is 0 Å². The van der Waals surface area contributed by atoms with Gasteiger partial charge in [0, 0.05) is 26.4 Å². The number of hydrogen-bond acceptors (Lipinski definition) is 2. The highest BCUT2D eigenvalue weighted by Crippen LogP contribution is 2.38. The zero-order valence-corrected chi connectivity index (χ0v) is 8.47. The van der Waals surface area contributed by atoms with Crippen molar-refractivity contribution in [1.82, 2.24) is 4.90 Å². The van der Waals surface area contributed by atoms with Crippen LogP contribution in [0.25, 0.3) is 0 Å². The Bertz CT molecular complexity index is 254. The fourth-order valence-electron chi connectivity index (χ4n) is 1.72. The lowest BCUT2D eigenvalue weighted by Crippen LogP contribution is -2.45. The maximum atomic E-state index is 12.5. The van der Waals surface area contributed by atoms with E-state index in [1.165, 1.54) is 11.8 Å². The fraction of sp³-hybridized carbons (Fsp3) is 0.889. The molecule has 1 fully saturated rings. The standard InChI is InChI=1S/C9H14F3NO2/c1-7(14)13-5-2-3-8(15,4-6-13)9(10,11)12/h15H,2-6H2,1H3. The number of alkyl halides is 3. The molecular weight excluding hydrogens is 211 g/mol. The molecule has 1 atom stereocenters. The lowest BCUT2D eigenvalue weighted by molar-refractivity contribution is -0.263. The predicted octanol–water partition coefficient (Wildman–Crippen LogP) is 1.31. The average Bonchev–Trinajstić information content (AvgIpc) is 2.26. The normalized spacial score (nSPS) is 28.7. The Morgan fingerprint density at radius 2 is 1.93 bits per heavy atom. The third-order valence-corrected chi connectivity index (χ3v) is 2.79. The van der Waals surface area contributed by atoms with E-state index in [1.807, 2.05) is 0 Å². The van der Waals surface area contributed by atoms with Crippen LogP contribution in [0, 0.1) is 0 Å². The van der Waals surface area contributed by atoms with Crippen LogP contribution in [0.2, 0.25) is 0 Å². The number of rotatable bonds is 0. The summed E-state index contributed by atoms with van der Waals surface area (Å²) < 4.78 is 37.4. The van der Waals surface area contributed by atoms with Gasteiger partial charge in [0.25, 0.3) is 0 Å². The molecule has 1 heterocycles. The molecule has 1 N–H and O–H groups in total. The van der Waals surface area contributed by atoms with Gasteiger partial charge < -0.3 is 10.0 Å². The second-order valence-electron chi connectivity index (χ2n) is 3.89. The minimum Gasteiger partial charge on any atom is -0.380 e. The van der Waals surface area contributed by atoms with E-state index in [4.69, 9.17) is 0 Å². The summed E-state index contributed by atoms with van der Waals surface area (Å²) in [6.07, 6.45) is -5.20. The number of halogens is 3. The van der Waals surface area contributed by atoms with Crippen molar-refractivity contribution in [2.24, 2.45) is 0 Å². The largest absolute Gasteiger partial charge is 0.417 e. The second-order valence-corrected chi connectivity index (χ2v) is 3.89. The van der Waals surface area contributed by atoms with Crippen LogP contribution < -0.4 is 0 Å². The maximum absolute atomic E-state index is 12.5. The highest BCUT2D eigenvalue weighted by atomic mass is 19.4. The van der Waals surface area contributed by atoms with E-state index in [1.54, 1.807) is 0 Å². The topological polar surface area (TPSA) is 40.5 Å². The van der Waals surface area contributed by atoms with E-state index in [-0.39, 0.29) is 31.8 Å². The number of amides is 1. The molecule has 3 nitrogen and oxygen atoms in total. The van der Waals surface area contributed by atoms with Gasteiger partial charge in [0.15, 0.2) is 5.60 Å². The van der Waals surface area contributed by atoms with Crippen LogP contribution in [-0.2, 0) is 4.79 Å². The average molecular weight is 225 g/mol. The van der Waals surface area contributed by atoms with E-state index < -0.39 is 18.2 Å². The Morgan fingerprint density at radius 3 is 2.40 bits per heavy atom. The summed E-state index contributed by atoms with van der Waals surface area (Å²) in [7, 11) is 0. The summed E-state index contributed by atoms with van der Waals surface area (Å²) in [5.74, 6) is -0.249. The first-order valence-electron chi connectivity index (χ1n) is 4.81. The summed E-state index contributed by atoms with van der Waals surface area (Å²) in [6.45, 7) is 1.57. The van der Waals surface area contributed by atoms with Crippen LogP contribution in [0.5, 0.6) is 0 Å². The van der Waals surface area contributed by atoms with E-state index in [9.17, 15) is 23.1 Å². The van der Waals surface area contributed by atoms with Crippen LogP contribution in [-0.4, -0.2) is 40.8 Å². The molecule has 1 rings (SSSR count). The maximum Gasteiger partial charge on any atom is 0.417 e. The molecule has 6 heteroatoms. The van der Waals surface area contributed by atoms with Crippen molar-refractivity contribution in [3.8, 4) is 0 Å². The molecule has 1 amide bonds. The molecule has 0 aromatic heterocycles. The molecule has 0 bridgehead atoms. The third kappa shape index (κ3) is 2.62. The lowest BCUT2D eigenvalue weighted by Gasteiger charge is -2.29. The molecule has 15 heavy (non-hydrogen) atoms. The van der Waals surface area contributed by atoms with Gasteiger partial charge in [0.1, 0.15) is 0 Å². The van der Waals surface area contributed by atoms with Gasteiger partial charge in [-0.2, -0.15) is 13.2 Å². The molecule has 1 saturated heterocycles. The first-order valence-corrected chi connectivity index (χ1v) is 4.81. The minimum absolute atomic E-state index is 0.0364. The third-order valence-electron chi connectivity index (χ3n) is 2.79. The monoisotopic (exact) mass is 225 g/mol. The van der Waals surface area contributed by atoms with Crippen LogP contribution in [0.1, 0.15) is 26.2 Å². The van der Waals surface area contributed by atoms with Crippen molar-refractivity contribution in [2.45, 2.75) is 38.0 Å². The Kier molecular flexibility index (Phi) is 3.28. The van der Waals surface area contributed by atoms with Crippen molar-refractivity contribution in [3.05, 3.63) is 0 Å². The summed E-state index contributed by atoms with van der Waals surface area (Å²) in [5, 5.41) is 9.42. The first-order chi connectivity index (χ1) is 6.76. The van der Waals surface area contributed by atoms with Gasteiger partial charge in [-0.3, -0.25) is 4.79 Å². The predicted molar refractivity (Wildman–Crippen MR) is 47.1 cm³/mol. The van der Waals surface area contributed by atoms with Gasteiger partial charge in [0.05, 0.1) is 0 Å². The van der Waals surface area contributed by atoms with Crippen LogP contribution in [0.15, 0.2) is 0 Å². The SMILES string of the molecule is CC(=O)N1CCCC(O)(C(F)(F)F)CC1. The number of carbonyl (C=O) groups is 1. The van der Waals surface area contributed by atoms with Gasteiger partial charge >= 0.3 is 6.18 Å². The zero-order valence-electron chi connectivity index (χ0n) is 8.47. The van der Waals surface area contributed by atoms with Crippen LogP contribution in [0.3, 0.4) is 0 Å². The molecule has 0 aliphatic carbocycles. The Hall–Kier alpha value is -0.780. The van der Waals surface area contributed by atoms with E-state index >= 15 is 0 Å². The molecule has 1 unspecified atom stereocenters. The second kappa shape index (κ2) is 4.00. The molecular formula is C9H14F3NO2. The number of hydrogen-bond donors (Lipinski definition) is 1. The van der Waals surface area contributed by atoms with Crippen LogP contribution in [0.4, 0.5) is 13.2 Å². The highest BCUT2D eigenvalue weighted by molar-refractivity contribution is 5.73. The molecule has 88 valence electrons. The van der Waals surface area contributed by atoms with Crippen molar-refractivity contribution in [1.29, 1.82) is 0 Å². The molecule has 1 aliphatic rings. The lowest BCUT2D eigenvalue weighted by atomic mass is 9.94. The molecule has 0 aromatic carbocycles. The van der Waals surface area contributed by atoms with Gasteiger partial charge in [-0.05, 0) is 12.8 Å². The van der Waals surface area contributed by atoms with Crippen molar-refractivity contribution in [3.63, 3.8) is 0 Å². The van der Waals surface area contributed by atoms with Crippen molar-refractivity contribution >= 4 is 5.91 Å². The first kappa shape index (κ1) is 12.3. The van der Waals surface area contributed by atoms with Gasteiger partial charge in [0.2, 0.25) is 5.91 Å². The zero-order chi connectivity index (χ0) is 11.7. The molecule has 0 aromatic rings. The summed E-state index contributed by atoms with van der Waals surface area (Å²) in [6, 6.07) is 0. The Labute approximate surface area is 85.9 Å². The number of carbonyl (C=O) groups excluding carboxylic acids is 1. The van der Waals surface area contributed by atoms with Gasteiger partial charge in [-0.25, -0.2) is 0 Å². The highest BCUT2D eigenvalue weighted by Gasteiger charge is 2.53. The number of likely N-dealkylation sites (tertiary alicyclic amines) is 1. The van der Waals surface area contributed by atoms with Crippen molar-refractivity contribution < 1.29 is 23.1 Å². The quantitative estimate of drug-likeness (QED) is 0.675. The van der Waals surface area contributed by atoms with Gasteiger partial charge in [-0.1, -0.05) is 0 Å². The minimum atomic E-state index is -4.61. The van der Waals surface area contributed by atoms with E-state index in [2.05, 4.69) is 0 Å². The Morgan fingerprint density at radius 1 is 1.33 bits per heavy atom. The van der Waals surface area contributed by atoms with Gasteiger partial charge in [-0.15, -0.1) is 0 Å². The molecule has 0 saturated carbocycles. The number of nitrogens with zero attached hydrogens (tertiary/aromatic N) is 1. The number of aliphatic hydroxyl groups is 1. The van der Waals surface area contributed by atoms with E-state index in [0.29, 0.717) is 0 Å². The fourth-order valence-corrected chi connectivity index (χ4v) is 1.72. The molecule has 0 spiro atoms.